The van der Waals surface area contributed by atoms with Gasteiger partial charge in [0.25, 0.3) is 0 Å². The van der Waals surface area contributed by atoms with Gasteiger partial charge in [0.05, 0.1) is 17.0 Å². The molecule has 278 valence electrons. The molecule has 0 aliphatic rings. The minimum Gasteiger partial charge on any atom is -0.465 e. The molecule has 2 amide bonds. The molecule has 1 heterocycles. The molecule has 1 aromatic heterocycles. The summed E-state index contributed by atoms with van der Waals surface area (Å²) in [5.74, 6) is -0.744. The van der Waals surface area contributed by atoms with Crippen LogP contribution in [0.1, 0.15) is 36.1 Å². The second-order valence-electron chi connectivity index (χ2n) is 13.5. The van der Waals surface area contributed by atoms with Crippen molar-refractivity contribution in [2.24, 2.45) is 11.1 Å². The Bertz CT molecular complexity index is 2070. The minimum absolute atomic E-state index is 0.0135. The van der Waals surface area contributed by atoms with E-state index >= 15 is 0 Å². The summed E-state index contributed by atoms with van der Waals surface area (Å²) in [5, 5.41) is 29.1. The summed E-state index contributed by atoms with van der Waals surface area (Å²) in [5.41, 5.74) is 3.61. The largest absolute Gasteiger partial charge is 0.465 e. The number of rotatable bonds is 18. The Balaban J connectivity index is 1.48. The molecule has 53 heavy (non-hydrogen) atoms. The quantitative estimate of drug-likeness (QED) is 0.0803. The Morgan fingerprint density at radius 1 is 0.811 bits per heavy atom. The Labute approximate surface area is 309 Å². The number of carbonyl (C=O) groups is 2. The van der Waals surface area contributed by atoms with E-state index in [2.05, 4.69) is 15.5 Å². The number of carboxylic acid groups (broad SMARTS) is 1. The lowest BCUT2D eigenvalue weighted by Gasteiger charge is -2.33. The van der Waals surface area contributed by atoms with Crippen LogP contribution in [0.15, 0.2) is 125 Å². The molecule has 5 rings (SSSR count). The van der Waals surface area contributed by atoms with Gasteiger partial charge in [-0.1, -0.05) is 110 Å². The highest BCUT2D eigenvalue weighted by atomic mass is 32.2. The summed E-state index contributed by atoms with van der Waals surface area (Å²) < 4.78 is 29.1. The van der Waals surface area contributed by atoms with Crippen molar-refractivity contribution in [1.82, 2.24) is 19.5 Å². The second-order valence-corrected chi connectivity index (χ2v) is 15.4. The van der Waals surface area contributed by atoms with Gasteiger partial charge in [-0.2, -0.15) is 9.21 Å². The van der Waals surface area contributed by atoms with Crippen LogP contribution >= 0.6 is 0 Å². The Kier molecular flexibility index (Phi) is 13.1. The summed E-state index contributed by atoms with van der Waals surface area (Å²) in [6.07, 6.45) is -0.750. The zero-order valence-electron chi connectivity index (χ0n) is 29.7. The van der Waals surface area contributed by atoms with Crippen molar-refractivity contribution in [3.8, 4) is 0 Å². The molecule has 0 unspecified atom stereocenters. The van der Waals surface area contributed by atoms with Crippen LogP contribution in [-0.2, 0) is 40.7 Å². The number of para-hydroxylation sites is 1. The van der Waals surface area contributed by atoms with Crippen LogP contribution in [0.25, 0.3) is 10.9 Å². The summed E-state index contributed by atoms with van der Waals surface area (Å²) in [6, 6.07) is 29.3. The number of amides is 2. The molecule has 13 heteroatoms. The fourth-order valence-corrected chi connectivity index (χ4v) is 8.00. The number of fused-ring (bicyclic) bond motifs is 1. The van der Waals surface area contributed by atoms with Crippen LogP contribution in [0.4, 0.5) is 4.79 Å². The van der Waals surface area contributed by atoms with E-state index in [1.165, 1.54) is 28.6 Å². The number of benzene rings is 4. The van der Waals surface area contributed by atoms with E-state index in [1.54, 1.807) is 30.5 Å². The maximum atomic E-state index is 14.5. The lowest BCUT2D eigenvalue weighted by atomic mass is 9.98. The molecular formula is C40H45N5O7S. The van der Waals surface area contributed by atoms with Crippen LogP contribution in [0.3, 0.4) is 0 Å². The zero-order chi connectivity index (χ0) is 38.0. The number of H-pyrrole nitrogens is 1. The number of hydrogen-bond acceptors (Lipinski definition) is 7. The van der Waals surface area contributed by atoms with Gasteiger partial charge in [-0.05, 0) is 52.8 Å². The predicted octanol–water partition coefficient (Wildman–Crippen LogP) is 5.96. The van der Waals surface area contributed by atoms with Gasteiger partial charge in [0.2, 0.25) is 15.9 Å². The average molecular weight is 740 g/mol. The summed E-state index contributed by atoms with van der Waals surface area (Å²) >= 11 is 0. The number of nitrogens with zero attached hydrogens (tertiary/aromatic N) is 3. The topological polar surface area (TPSA) is 172 Å². The molecule has 0 aliphatic carbocycles. The second kappa shape index (κ2) is 17.9. The molecule has 5 aromatic rings. The molecule has 4 N–H and O–H groups in total. The van der Waals surface area contributed by atoms with Gasteiger partial charge in [0.15, 0.2) is 0 Å². The molecule has 4 aromatic carbocycles. The van der Waals surface area contributed by atoms with Gasteiger partial charge in [-0.25, -0.2) is 13.2 Å². The standard InChI is InChI=1S/C40H45N5O7S/c1-28(2)25-44(53(51,52)33-19-17-30(18-20-33)23-42-50)27-38(46)36(21-29-11-5-3-6-12-29)43-39(47)37(22-32-24-41-35-16-10-9-15-34(32)35)45(40(48)49)26-31-13-7-4-8-14-31/h3-20,24,28,36-38,41,46H,21-23,25-27H2,1-2H3,(H,43,47)(H,48,49)/t36-,37-,38+/m0/s1. The molecule has 3 atom stereocenters. The summed E-state index contributed by atoms with van der Waals surface area (Å²) in [6.45, 7) is 3.29. The van der Waals surface area contributed by atoms with E-state index in [0.717, 1.165) is 26.9 Å². The lowest BCUT2D eigenvalue weighted by molar-refractivity contribution is -0.127. The van der Waals surface area contributed by atoms with E-state index in [-0.39, 0.29) is 49.8 Å². The Morgan fingerprint density at radius 3 is 2.06 bits per heavy atom. The Hall–Kier alpha value is -5.37. The van der Waals surface area contributed by atoms with Crippen molar-refractivity contribution < 1.29 is 28.2 Å². The highest BCUT2D eigenvalue weighted by molar-refractivity contribution is 7.89. The van der Waals surface area contributed by atoms with Gasteiger partial charge < -0.3 is 20.5 Å². The van der Waals surface area contributed by atoms with Crippen LogP contribution in [-0.4, -0.2) is 76.1 Å². The highest BCUT2D eigenvalue weighted by Gasteiger charge is 2.36. The minimum atomic E-state index is -4.13. The smallest absolute Gasteiger partial charge is 0.408 e. The van der Waals surface area contributed by atoms with Gasteiger partial charge in [0, 0.05) is 43.2 Å². The third-order valence-electron chi connectivity index (χ3n) is 9.07. The first kappa shape index (κ1) is 38.9. The maximum absolute atomic E-state index is 14.5. The lowest BCUT2D eigenvalue weighted by Crippen LogP contribution is -2.56. The van der Waals surface area contributed by atoms with E-state index in [0.29, 0.717) is 11.1 Å². The first-order chi connectivity index (χ1) is 25.5. The van der Waals surface area contributed by atoms with Crippen molar-refractivity contribution >= 4 is 32.9 Å². The molecule has 0 radical (unpaired) electrons. The molecular weight excluding hydrogens is 695 g/mol. The molecule has 0 saturated heterocycles. The number of aliphatic hydroxyl groups excluding tert-OH is 1. The van der Waals surface area contributed by atoms with E-state index in [1.807, 2.05) is 74.5 Å². The molecule has 0 bridgehead atoms. The van der Waals surface area contributed by atoms with E-state index in [9.17, 15) is 33.1 Å². The monoisotopic (exact) mass is 739 g/mol. The molecule has 0 aliphatic heterocycles. The zero-order valence-corrected chi connectivity index (χ0v) is 30.5. The summed E-state index contributed by atoms with van der Waals surface area (Å²) in [4.78, 5) is 42.4. The number of carbonyl (C=O) groups excluding carboxylic acids is 1. The van der Waals surface area contributed by atoms with Gasteiger partial charge in [0.1, 0.15) is 12.6 Å². The number of sulfonamides is 1. The van der Waals surface area contributed by atoms with Gasteiger partial charge in [-0.15, -0.1) is 0 Å². The van der Waals surface area contributed by atoms with Crippen molar-refractivity contribution in [1.29, 1.82) is 0 Å². The molecule has 0 saturated carbocycles. The first-order valence-corrected chi connectivity index (χ1v) is 18.9. The highest BCUT2D eigenvalue weighted by Crippen LogP contribution is 2.24. The third kappa shape index (κ3) is 10.2. The van der Waals surface area contributed by atoms with Gasteiger partial charge in [-0.3, -0.25) is 9.69 Å². The number of nitroso groups, excluding NO2 is 1. The van der Waals surface area contributed by atoms with Crippen LogP contribution < -0.4 is 5.32 Å². The van der Waals surface area contributed by atoms with Crippen LogP contribution in [0, 0.1) is 10.8 Å². The predicted molar refractivity (Wildman–Crippen MR) is 203 cm³/mol. The molecule has 0 fully saturated rings. The third-order valence-corrected chi connectivity index (χ3v) is 10.9. The number of aromatic nitrogens is 1. The Morgan fingerprint density at radius 2 is 1.43 bits per heavy atom. The van der Waals surface area contributed by atoms with Crippen molar-refractivity contribution in [3.05, 3.63) is 143 Å². The van der Waals surface area contributed by atoms with Crippen LogP contribution in [0.2, 0.25) is 0 Å². The van der Waals surface area contributed by atoms with Crippen LogP contribution in [0.5, 0.6) is 0 Å². The SMILES string of the molecule is CC(C)CN(C[C@@H](O)[C@H](Cc1ccccc1)NC(=O)[C@H](Cc1c[nH]c2ccccc12)N(Cc1ccccc1)C(=O)O)S(=O)(=O)c1ccc(CN=O)cc1. The van der Waals surface area contributed by atoms with Gasteiger partial charge >= 0.3 is 6.09 Å². The first-order valence-electron chi connectivity index (χ1n) is 17.4. The fourth-order valence-electron chi connectivity index (χ4n) is 6.38. The average Bonchev–Trinajstić information content (AvgIpc) is 3.56. The summed E-state index contributed by atoms with van der Waals surface area (Å²) in [7, 11) is -4.13. The van der Waals surface area contributed by atoms with Crippen molar-refractivity contribution in [2.45, 2.75) is 62.9 Å². The molecule has 12 nitrogen and oxygen atoms in total. The number of aromatic amines is 1. The van der Waals surface area contributed by atoms with E-state index < -0.39 is 40.2 Å². The van der Waals surface area contributed by atoms with Crippen molar-refractivity contribution in [3.63, 3.8) is 0 Å². The number of hydrogen-bond donors (Lipinski definition) is 4. The number of aliphatic hydroxyl groups is 1. The fraction of sp³-hybridized carbons (Fsp3) is 0.300. The number of nitrogens with one attached hydrogen (secondary N) is 2. The van der Waals surface area contributed by atoms with Crippen molar-refractivity contribution in [2.75, 3.05) is 13.1 Å². The maximum Gasteiger partial charge on any atom is 0.408 e. The molecule has 0 spiro atoms. The van der Waals surface area contributed by atoms with E-state index in [4.69, 9.17) is 0 Å². The normalized spacial score (nSPS) is 13.5.